The molecular formula is C31H26F4N4O5. The Morgan fingerprint density at radius 1 is 0.977 bits per heavy atom. The molecule has 1 amide bonds. The van der Waals surface area contributed by atoms with E-state index in [2.05, 4.69) is 15.4 Å². The predicted molar refractivity (Wildman–Crippen MR) is 151 cm³/mol. The fraction of sp³-hybridized carbons (Fsp3) is 0.226. The van der Waals surface area contributed by atoms with Crippen molar-refractivity contribution in [3.05, 3.63) is 101 Å². The summed E-state index contributed by atoms with van der Waals surface area (Å²) in [4.78, 5) is 29.3. The molecule has 0 aliphatic rings. The smallest absolute Gasteiger partial charge is 0.435 e. The van der Waals surface area contributed by atoms with Gasteiger partial charge in [0.15, 0.2) is 17.2 Å². The minimum atomic E-state index is -4.78. The van der Waals surface area contributed by atoms with Gasteiger partial charge < -0.3 is 19.2 Å². The fourth-order valence-corrected chi connectivity index (χ4v) is 4.15. The number of hydrogen-bond donors (Lipinski definition) is 1. The third-order valence-electron chi connectivity index (χ3n) is 6.13. The molecule has 5 rings (SSSR count). The number of rotatable bonds is 7. The van der Waals surface area contributed by atoms with Crippen LogP contribution in [-0.2, 0) is 17.5 Å². The van der Waals surface area contributed by atoms with Crippen LogP contribution in [0.5, 0.6) is 5.88 Å². The molecule has 0 saturated carbocycles. The van der Waals surface area contributed by atoms with Crippen molar-refractivity contribution in [2.24, 2.45) is 0 Å². The first-order valence-electron chi connectivity index (χ1n) is 13.3. The van der Waals surface area contributed by atoms with Crippen molar-refractivity contribution < 1.29 is 41.0 Å². The molecule has 0 aliphatic heterocycles. The monoisotopic (exact) mass is 610 g/mol. The summed E-state index contributed by atoms with van der Waals surface area (Å²) >= 11 is 0. The van der Waals surface area contributed by atoms with Crippen LogP contribution in [0.2, 0.25) is 0 Å². The summed E-state index contributed by atoms with van der Waals surface area (Å²) in [5.41, 5.74) is -0.520. The van der Waals surface area contributed by atoms with E-state index >= 15 is 0 Å². The van der Waals surface area contributed by atoms with E-state index in [1.54, 1.807) is 39.8 Å². The van der Waals surface area contributed by atoms with Crippen LogP contribution in [0, 0.1) is 12.7 Å². The molecule has 0 spiro atoms. The number of ether oxygens (including phenoxy) is 2. The van der Waals surface area contributed by atoms with Gasteiger partial charge >= 0.3 is 12.1 Å². The third-order valence-corrected chi connectivity index (χ3v) is 6.13. The molecule has 0 aliphatic carbocycles. The van der Waals surface area contributed by atoms with Gasteiger partial charge in [-0.3, -0.25) is 4.79 Å². The van der Waals surface area contributed by atoms with Crippen LogP contribution >= 0.6 is 0 Å². The minimum absolute atomic E-state index is 0.0171. The molecule has 0 saturated heterocycles. The number of oxazole rings is 1. The Labute approximate surface area is 248 Å². The van der Waals surface area contributed by atoms with Gasteiger partial charge in [-0.05, 0) is 56.7 Å². The predicted octanol–water partition coefficient (Wildman–Crippen LogP) is 7.27. The molecule has 0 fully saturated rings. The molecule has 9 nitrogen and oxygen atoms in total. The van der Waals surface area contributed by atoms with Crippen molar-refractivity contribution in [2.75, 3.05) is 5.32 Å². The number of nitrogens with zero attached hydrogens (tertiary/aromatic N) is 3. The van der Waals surface area contributed by atoms with Gasteiger partial charge in [0.05, 0.1) is 16.9 Å². The molecule has 228 valence electrons. The van der Waals surface area contributed by atoms with E-state index in [1.165, 1.54) is 42.5 Å². The van der Waals surface area contributed by atoms with Gasteiger partial charge in [-0.1, -0.05) is 18.2 Å². The lowest BCUT2D eigenvalue weighted by Gasteiger charge is -2.19. The number of aromatic nitrogens is 3. The molecule has 5 aromatic rings. The number of carbonyl (C=O) groups excluding carboxylic acids is 2. The number of nitrogens with one attached hydrogen (secondary N) is 1. The molecule has 3 aromatic carbocycles. The zero-order chi connectivity index (χ0) is 31.8. The van der Waals surface area contributed by atoms with Crippen molar-refractivity contribution in [3.63, 3.8) is 0 Å². The summed E-state index contributed by atoms with van der Waals surface area (Å²) in [5.74, 6) is -1.91. The maximum absolute atomic E-state index is 14.6. The van der Waals surface area contributed by atoms with Crippen LogP contribution < -0.4 is 10.1 Å². The number of aryl methyl sites for hydroxylation is 1. The molecule has 2 aromatic heterocycles. The standard InChI is InChI=1S/C31H26F4N4O5/c1-17-36-24-13-22(32)23(14-25(24)43-17)37-28(40)20-6-5-7-21(12-20)39-27(15-26(38-39)31(33,34)35)42-16-18-8-10-19(11-9-18)29(41)44-30(2,3)4/h5-15H,16H2,1-4H3,(H,37,40). The average Bonchev–Trinajstić information content (AvgIpc) is 3.54. The lowest BCUT2D eigenvalue weighted by molar-refractivity contribution is -0.141. The summed E-state index contributed by atoms with van der Waals surface area (Å²) < 4.78 is 72.8. The summed E-state index contributed by atoms with van der Waals surface area (Å²) in [6, 6.07) is 15.0. The number of hydrogen-bond acceptors (Lipinski definition) is 7. The van der Waals surface area contributed by atoms with Gasteiger partial charge in [0.1, 0.15) is 23.5 Å². The molecule has 0 atom stereocenters. The highest BCUT2D eigenvalue weighted by atomic mass is 19.4. The Morgan fingerprint density at radius 2 is 1.70 bits per heavy atom. The van der Waals surface area contributed by atoms with Crippen molar-refractivity contribution in [1.29, 1.82) is 0 Å². The van der Waals surface area contributed by atoms with Gasteiger partial charge in [-0.25, -0.2) is 18.9 Å². The van der Waals surface area contributed by atoms with Gasteiger partial charge in [0.25, 0.3) is 5.91 Å². The number of anilines is 1. The highest BCUT2D eigenvalue weighted by Crippen LogP contribution is 2.33. The van der Waals surface area contributed by atoms with E-state index < -0.39 is 35.2 Å². The van der Waals surface area contributed by atoms with E-state index in [1.807, 2.05) is 0 Å². The SMILES string of the molecule is Cc1nc2cc(F)c(NC(=O)c3cccc(-n4nc(C(F)(F)F)cc4OCc4ccc(C(=O)OC(C)(C)C)cc4)c3)cc2o1. The Kier molecular flexibility index (Phi) is 7.89. The quantitative estimate of drug-likeness (QED) is 0.153. The molecule has 0 radical (unpaired) electrons. The summed E-state index contributed by atoms with van der Waals surface area (Å²) in [6.45, 7) is 6.68. The van der Waals surface area contributed by atoms with Gasteiger partial charge in [0.2, 0.25) is 5.88 Å². The largest absolute Gasteiger partial charge is 0.473 e. The zero-order valence-corrected chi connectivity index (χ0v) is 24.0. The van der Waals surface area contributed by atoms with E-state index in [4.69, 9.17) is 13.9 Å². The van der Waals surface area contributed by atoms with E-state index in [0.717, 1.165) is 16.8 Å². The summed E-state index contributed by atoms with van der Waals surface area (Å²) in [6.07, 6.45) is -4.78. The maximum atomic E-state index is 14.6. The van der Waals surface area contributed by atoms with Crippen LogP contribution in [0.3, 0.4) is 0 Å². The molecule has 13 heteroatoms. The molecule has 0 bridgehead atoms. The lowest BCUT2D eigenvalue weighted by atomic mass is 10.1. The van der Waals surface area contributed by atoms with Crippen LogP contribution in [0.15, 0.2) is 71.1 Å². The number of esters is 1. The second kappa shape index (κ2) is 11.5. The Hall–Kier alpha value is -5.20. The first-order chi connectivity index (χ1) is 20.7. The number of amides is 1. The number of benzene rings is 3. The Balaban J connectivity index is 1.37. The van der Waals surface area contributed by atoms with E-state index in [9.17, 15) is 27.2 Å². The van der Waals surface area contributed by atoms with Gasteiger partial charge in [-0.2, -0.15) is 18.3 Å². The maximum Gasteiger partial charge on any atom is 0.435 e. The fourth-order valence-electron chi connectivity index (χ4n) is 4.15. The highest BCUT2D eigenvalue weighted by Gasteiger charge is 2.35. The average molecular weight is 611 g/mol. The van der Waals surface area contributed by atoms with E-state index in [-0.39, 0.29) is 40.5 Å². The molecule has 1 N–H and O–H groups in total. The first-order valence-corrected chi connectivity index (χ1v) is 13.3. The van der Waals surface area contributed by atoms with Crippen molar-refractivity contribution in [1.82, 2.24) is 14.8 Å². The zero-order valence-electron chi connectivity index (χ0n) is 24.0. The number of carbonyl (C=O) groups is 2. The van der Waals surface area contributed by atoms with E-state index in [0.29, 0.717) is 17.0 Å². The highest BCUT2D eigenvalue weighted by molar-refractivity contribution is 6.05. The Morgan fingerprint density at radius 3 is 2.39 bits per heavy atom. The van der Waals surface area contributed by atoms with Crippen LogP contribution in [0.4, 0.5) is 23.2 Å². The van der Waals surface area contributed by atoms with Gasteiger partial charge in [-0.15, -0.1) is 0 Å². The summed E-state index contributed by atoms with van der Waals surface area (Å²) in [5, 5.41) is 6.11. The summed E-state index contributed by atoms with van der Waals surface area (Å²) in [7, 11) is 0. The first kappa shape index (κ1) is 30.3. The molecular weight excluding hydrogens is 584 g/mol. The van der Waals surface area contributed by atoms with Crippen molar-refractivity contribution >= 4 is 28.7 Å². The number of fused-ring (bicyclic) bond motifs is 1. The normalized spacial score (nSPS) is 11.9. The lowest BCUT2D eigenvalue weighted by Crippen LogP contribution is -2.23. The number of alkyl halides is 3. The molecule has 44 heavy (non-hydrogen) atoms. The minimum Gasteiger partial charge on any atom is -0.473 e. The van der Waals surface area contributed by atoms with Crippen molar-refractivity contribution in [3.8, 4) is 11.6 Å². The van der Waals surface area contributed by atoms with Gasteiger partial charge in [0, 0.05) is 30.7 Å². The molecule has 2 heterocycles. The van der Waals surface area contributed by atoms with Crippen LogP contribution in [0.1, 0.15) is 58.6 Å². The Bertz CT molecular complexity index is 1850. The number of halogens is 4. The van der Waals surface area contributed by atoms with Crippen molar-refractivity contribution in [2.45, 2.75) is 46.1 Å². The second-order valence-electron chi connectivity index (χ2n) is 10.8. The third kappa shape index (κ3) is 6.88. The van der Waals surface area contributed by atoms with Crippen LogP contribution in [-0.4, -0.2) is 32.2 Å². The molecule has 0 unspecified atom stereocenters. The topological polar surface area (TPSA) is 108 Å². The second-order valence-corrected chi connectivity index (χ2v) is 10.8. The van der Waals surface area contributed by atoms with Crippen LogP contribution in [0.25, 0.3) is 16.8 Å².